The second-order valence-corrected chi connectivity index (χ2v) is 8.10. The second-order valence-electron chi connectivity index (χ2n) is 8.10. The molecule has 1 atom stereocenters. The lowest BCUT2D eigenvalue weighted by Gasteiger charge is -2.10. The van der Waals surface area contributed by atoms with Gasteiger partial charge in [-0.25, -0.2) is 4.79 Å². The highest BCUT2D eigenvalue weighted by atomic mass is 16.5. The molecular weight excluding hydrogens is 346 g/mol. The minimum atomic E-state index is -0.335. The summed E-state index contributed by atoms with van der Waals surface area (Å²) in [7, 11) is 0. The summed E-state index contributed by atoms with van der Waals surface area (Å²) in [4.78, 5) is 11.6. The molecule has 1 N–H and O–H groups in total. The Bertz CT molecular complexity index is 563. The number of rotatable bonds is 13. The average Bonchev–Trinajstić information content (AvgIpc) is 2.61. The molecule has 1 amide bonds. The standard InChI is InChI=1S/C25H43NO2/c1-8-24(7)26-25(27)28-19-18-23(6)17-11-16-22(5)15-10-14-21(4)13-9-12-20(2)3/h12,14,16,18,24H,8-11,13,15,17,19H2,1-7H3,(H,26,27). The topological polar surface area (TPSA) is 38.3 Å². The fourth-order valence-corrected chi connectivity index (χ4v) is 2.59. The second kappa shape index (κ2) is 16.2. The predicted molar refractivity (Wildman–Crippen MR) is 123 cm³/mol. The Hall–Kier alpha value is -1.77. The Morgan fingerprint density at radius 1 is 0.821 bits per heavy atom. The van der Waals surface area contributed by atoms with Crippen molar-refractivity contribution in [1.82, 2.24) is 5.32 Å². The summed E-state index contributed by atoms with van der Waals surface area (Å²) >= 11 is 0. The average molecular weight is 390 g/mol. The summed E-state index contributed by atoms with van der Waals surface area (Å²) in [6.07, 6.45) is 16.2. The molecular formula is C25H43NO2. The first-order chi connectivity index (χ1) is 13.2. The Morgan fingerprint density at radius 3 is 1.75 bits per heavy atom. The van der Waals surface area contributed by atoms with E-state index in [9.17, 15) is 4.79 Å². The number of alkyl carbamates (subject to hydrolysis) is 1. The van der Waals surface area contributed by atoms with Gasteiger partial charge in [0.05, 0.1) is 0 Å². The zero-order valence-electron chi connectivity index (χ0n) is 19.4. The summed E-state index contributed by atoms with van der Waals surface area (Å²) in [5, 5.41) is 2.80. The van der Waals surface area contributed by atoms with Gasteiger partial charge in [-0.05, 0) is 92.6 Å². The quantitative estimate of drug-likeness (QED) is 0.328. The van der Waals surface area contributed by atoms with Crippen molar-refractivity contribution < 1.29 is 9.53 Å². The van der Waals surface area contributed by atoms with E-state index in [2.05, 4.69) is 58.2 Å². The van der Waals surface area contributed by atoms with E-state index in [0.717, 1.165) is 44.9 Å². The Balaban J connectivity index is 4.03. The first-order valence-electron chi connectivity index (χ1n) is 10.8. The molecule has 0 aliphatic rings. The van der Waals surface area contributed by atoms with Gasteiger partial charge in [-0.3, -0.25) is 0 Å². The molecule has 0 aliphatic heterocycles. The van der Waals surface area contributed by atoms with Gasteiger partial charge in [0, 0.05) is 6.04 Å². The van der Waals surface area contributed by atoms with Crippen molar-refractivity contribution in [2.45, 2.75) is 99.5 Å². The monoisotopic (exact) mass is 389 g/mol. The Labute approximate surface area is 174 Å². The Kier molecular flexibility index (Phi) is 15.2. The van der Waals surface area contributed by atoms with Gasteiger partial charge in [0.1, 0.15) is 6.61 Å². The molecule has 0 rings (SSSR count). The van der Waals surface area contributed by atoms with Crippen molar-refractivity contribution in [3.8, 4) is 0 Å². The highest BCUT2D eigenvalue weighted by molar-refractivity contribution is 5.67. The molecule has 0 fully saturated rings. The normalized spacial score (nSPS) is 13.9. The van der Waals surface area contributed by atoms with Crippen LogP contribution in [0.5, 0.6) is 0 Å². The van der Waals surface area contributed by atoms with Gasteiger partial charge >= 0.3 is 6.09 Å². The molecule has 160 valence electrons. The molecule has 0 saturated carbocycles. The molecule has 0 bridgehead atoms. The molecule has 3 nitrogen and oxygen atoms in total. The highest BCUT2D eigenvalue weighted by Crippen LogP contribution is 2.13. The summed E-state index contributed by atoms with van der Waals surface area (Å²) in [6.45, 7) is 15.2. The van der Waals surface area contributed by atoms with Crippen molar-refractivity contribution in [2.24, 2.45) is 0 Å². The summed E-state index contributed by atoms with van der Waals surface area (Å²) < 4.78 is 5.18. The first-order valence-corrected chi connectivity index (χ1v) is 10.8. The zero-order valence-corrected chi connectivity index (χ0v) is 19.4. The van der Waals surface area contributed by atoms with Crippen molar-refractivity contribution in [3.05, 3.63) is 46.6 Å². The molecule has 0 heterocycles. The number of nitrogens with one attached hydrogen (secondary N) is 1. The molecule has 0 saturated heterocycles. The van der Waals surface area contributed by atoms with E-state index in [-0.39, 0.29) is 12.1 Å². The summed E-state index contributed by atoms with van der Waals surface area (Å²) in [6, 6.07) is 0.154. The van der Waals surface area contributed by atoms with Gasteiger partial charge in [-0.1, -0.05) is 47.4 Å². The van der Waals surface area contributed by atoms with Gasteiger partial charge in [0.25, 0.3) is 0 Å². The lowest BCUT2D eigenvalue weighted by Crippen LogP contribution is -2.32. The van der Waals surface area contributed by atoms with Crippen LogP contribution in [-0.4, -0.2) is 18.7 Å². The number of carbonyl (C=O) groups excluding carboxylic acids is 1. The third kappa shape index (κ3) is 16.4. The maximum Gasteiger partial charge on any atom is 0.407 e. The van der Waals surface area contributed by atoms with Crippen LogP contribution in [0.3, 0.4) is 0 Å². The maximum atomic E-state index is 11.6. The minimum Gasteiger partial charge on any atom is -0.445 e. The Morgan fingerprint density at radius 2 is 1.29 bits per heavy atom. The molecule has 3 heteroatoms. The van der Waals surface area contributed by atoms with Crippen LogP contribution in [-0.2, 0) is 4.74 Å². The first kappa shape index (κ1) is 26.2. The number of allylic oxidation sites excluding steroid dienone is 7. The lowest BCUT2D eigenvalue weighted by molar-refractivity contribution is 0.154. The van der Waals surface area contributed by atoms with Crippen LogP contribution < -0.4 is 5.32 Å². The third-order valence-electron chi connectivity index (χ3n) is 4.78. The number of hydrogen-bond acceptors (Lipinski definition) is 2. The molecule has 0 aromatic heterocycles. The van der Waals surface area contributed by atoms with E-state index < -0.39 is 0 Å². The van der Waals surface area contributed by atoms with E-state index in [0.29, 0.717) is 6.61 Å². The third-order valence-corrected chi connectivity index (χ3v) is 4.78. The zero-order chi connectivity index (χ0) is 21.4. The molecule has 0 aromatic rings. The SMILES string of the molecule is CCC(C)NC(=O)OCC=C(C)CCC=C(C)CCC=C(C)CCC=C(C)C. The van der Waals surface area contributed by atoms with E-state index in [1.165, 1.54) is 22.3 Å². The number of hydrogen-bond donors (Lipinski definition) is 1. The van der Waals surface area contributed by atoms with Crippen LogP contribution in [0.4, 0.5) is 4.79 Å². The van der Waals surface area contributed by atoms with Gasteiger partial charge in [0.15, 0.2) is 0 Å². The van der Waals surface area contributed by atoms with Gasteiger partial charge in [0.2, 0.25) is 0 Å². The van der Waals surface area contributed by atoms with Crippen molar-refractivity contribution in [1.29, 1.82) is 0 Å². The number of ether oxygens (including phenoxy) is 1. The van der Waals surface area contributed by atoms with Gasteiger partial charge < -0.3 is 10.1 Å². The highest BCUT2D eigenvalue weighted by Gasteiger charge is 2.04. The molecule has 0 aliphatic carbocycles. The molecule has 0 spiro atoms. The fourth-order valence-electron chi connectivity index (χ4n) is 2.59. The molecule has 0 aromatic carbocycles. The maximum absolute atomic E-state index is 11.6. The van der Waals surface area contributed by atoms with Crippen LogP contribution >= 0.6 is 0 Å². The summed E-state index contributed by atoms with van der Waals surface area (Å²) in [5.41, 5.74) is 5.60. The smallest absolute Gasteiger partial charge is 0.407 e. The molecule has 28 heavy (non-hydrogen) atoms. The van der Waals surface area contributed by atoms with Crippen LogP contribution in [0.15, 0.2) is 46.6 Å². The van der Waals surface area contributed by atoms with Crippen molar-refractivity contribution in [3.63, 3.8) is 0 Å². The van der Waals surface area contributed by atoms with Crippen molar-refractivity contribution >= 4 is 6.09 Å². The lowest BCUT2D eigenvalue weighted by atomic mass is 10.0. The summed E-state index contributed by atoms with van der Waals surface area (Å²) in [5.74, 6) is 0. The number of amides is 1. The van der Waals surface area contributed by atoms with Gasteiger partial charge in [-0.15, -0.1) is 0 Å². The van der Waals surface area contributed by atoms with E-state index >= 15 is 0 Å². The van der Waals surface area contributed by atoms with E-state index in [4.69, 9.17) is 4.74 Å². The van der Waals surface area contributed by atoms with E-state index in [1.807, 2.05) is 19.9 Å². The van der Waals surface area contributed by atoms with Crippen LogP contribution in [0.25, 0.3) is 0 Å². The molecule has 0 radical (unpaired) electrons. The van der Waals surface area contributed by atoms with Crippen LogP contribution in [0.2, 0.25) is 0 Å². The van der Waals surface area contributed by atoms with Crippen LogP contribution in [0.1, 0.15) is 93.4 Å². The number of carbonyl (C=O) groups is 1. The van der Waals surface area contributed by atoms with Crippen molar-refractivity contribution in [2.75, 3.05) is 6.61 Å². The molecule has 1 unspecified atom stereocenters. The minimum absolute atomic E-state index is 0.154. The van der Waals surface area contributed by atoms with E-state index in [1.54, 1.807) is 0 Å². The fraction of sp³-hybridized carbons (Fsp3) is 0.640. The van der Waals surface area contributed by atoms with Crippen LogP contribution in [0, 0.1) is 0 Å². The van der Waals surface area contributed by atoms with Gasteiger partial charge in [-0.2, -0.15) is 0 Å². The largest absolute Gasteiger partial charge is 0.445 e. The predicted octanol–water partition coefficient (Wildman–Crippen LogP) is 7.66.